The van der Waals surface area contributed by atoms with Crippen LogP contribution in [0.2, 0.25) is 0 Å². The molecule has 2 atom stereocenters. The van der Waals surface area contributed by atoms with E-state index in [9.17, 15) is 35.1 Å². The molecule has 1 rings (SSSR count). The van der Waals surface area contributed by atoms with Gasteiger partial charge >= 0.3 is 5.79 Å². The molecule has 0 spiro atoms. The van der Waals surface area contributed by atoms with E-state index in [2.05, 4.69) is 0 Å². The fraction of sp³-hybridized carbons (Fsp3) is 0.941. The van der Waals surface area contributed by atoms with Crippen LogP contribution in [0.3, 0.4) is 0 Å². The zero-order valence-corrected chi connectivity index (χ0v) is 15.5. The van der Waals surface area contributed by atoms with E-state index in [4.69, 9.17) is 0 Å². The Morgan fingerprint density at radius 3 is 1.67 bits per heavy atom. The summed E-state index contributed by atoms with van der Waals surface area (Å²) in [6.07, 6.45) is 12.0. The molecule has 0 aromatic heterocycles. The highest BCUT2D eigenvalue weighted by atomic mass is 16.7. The van der Waals surface area contributed by atoms with Crippen LogP contribution in [-0.2, 0) is 4.79 Å². The van der Waals surface area contributed by atoms with Crippen LogP contribution in [0.15, 0.2) is 0 Å². The summed E-state index contributed by atoms with van der Waals surface area (Å²) in [6, 6.07) is 0. The van der Waals surface area contributed by atoms with Crippen molar-refractivity contribution in [3.8, 4) is 0 Å². The average molecular weight is 386 g/mol. The molecule has 27 heavy (non-hydrogen) atoms. The van der Waals surface area contributed by atoms with Gasteiger partial charge in [-0.05, 0) is 31.1 Å². The normalized spacial score (nSPS) is 18.8. The second-order valence-electron chi connectivity index (χ2n) is 7.35. The Bertz CT molecular complexity index is 491. The maximum absolute atomic E-state index is 10.8. The number of nitrogens with zero attached hydrogens (tertiary/aromatic N) is 3. The van der Waals surface area contributed by atoms with Gasteiger partial charge in [0.25, 0.3) is 0 Å². The van der Waals surface area contributed by atoms with Gasteiger partial charge in [-0.15, -0.1) is 0 Å². The monoisotopic (exact) mass is 386 g/mol. The Balaban J connectivity index is 2.11. The number of unbranched alkanes of at least 4 members (excludes halogenated alkanes) is 7. The second kappa shape index (κ2) is 11.6. The van der Waals surface area contributed by atoms with Gasteiger partial charge in [0.2, 0.25) is 0 Å². The molecular formula is C17H28N3O7. The Morgan fingerprint density at radius 2 is 1.19 bits per heavy atom. The summed E-state index contributed by atoms with van der Waals surface area (Å²) in [6.45, 7) is 0. The molecule has 1 saturated carbocycles. The van der Waals surface area contributed by atoms with Crippen LogP contribution in [0.1, 0.15) is 83.5 Å². The largest absolute Gasteiger partial charge is 0.699 e. The highest BCUT2D eigenvalue weighted by molar-refractivity contribution is 5.50. The molecule has 0 bridgehead atoms. The van der Waals surface area contributed by atoms with Crippen molar-refractivity contribution in [1.82, 2.24) is 0 Å². The second-order valence-corrected chi connectivity index (χ2v) is 7.35. The summed E-state index contributed by atoms with van der Waals surface area (Å²) >= 11 is 0. The molecule has 10 nitrogen and oxygen atoms in total. The zero-order chi connectivity index (χ0) is 20.3. The van der Waals surface area contributed by atoms with E-state index in [0.29, 0.717) is 18.8 Å². The molecule has 0 amide bonds. The van der Waals surface area contributed by atoms with E-state index in [1.54, 1.807) is 0 Å². The van der Waals surface area contributed by atoms with Crippen LogP contribution in [-0.4, -0.2) is 26.8 Å². The van der Waals surface area contributed by atoms with Crippen LogP contribution < -0.4 is 0 Å². The van der Waals surface area contributed by atoms with E-state index in [0.717, 1.165) is 38.0 Å². The first-order chi connectivity index (χ1) is 12.9. The molecule has 0 saturated heterocycles. The van der Waals surface area contributed by atoms with E-state index in [1.807, 2.05) is 6.29 Å². The van der Waals surface area contributed by atoms with Crippen molar-refractivity contribution in [2.24, 2.45) is 11.8 Å². The molecule has 1 fully saturated rings. The summed E-state index contributed by atoms with van der Waals surface area (Å²) in [5.74, 6) is -1.93. The summed E-state index contributed by atoms with van der Waals surface area (Å²) in [4.78, 5) is 38.4. The Labute approximate surface area is 158 Å². The topological polar surface area (TPSA) is 146 Å². The third kappa shape index (κ3) is 7.18. The fourth-order valence-corrected chi connectivity index (χ4v) is 3.57. The predicted octanol–water partition coefficient (Wildman–Crippen LogP) is 3.90. The first kappa shape index (κ1) is 22.9. The number of rotatable bonds is 17. The third-order valence-corrected chi connectivity index (χ3v) is 5.39. The van der Waals surface area contributed by atoms with Gasteiger partial charge in [-0.1, -0.05) is 51.4 Å². The SMILES string of the molecule is O=[C]CCCCCCCC1CC1CCCCCC([N+](=O)[O-])([N+](=O)[O-])[N+](=O)[O-]. The minimum absolute atomic E-state index is 0.0958. The maximum Gasteiger partial charge on any atom is 0.699 e. The molecule has 0 aliphatic heterocycles. The van der Waals surface area contributed by atoms with Gasteiger partial charge in [-0.25, -0.2) is 0 Å². The average Bonchev–Trinajstić information content (AvgIpc) is 3.34. The number of hydrogen-bond acceptors (Lipinski definition) is 7. The van der Waals surface area contributed by atoms with Crippen LogP contribution in [0.5, 0.6) is 0 Å². The molecule has 2 unspecified atom stereocenters. The van der Waals surface area contributed by atoms with Gasteiger partial charge in [0, 0.05) is 6.42 Å². The fourth-order valence-electron chi connectivity index (χ4n) is 3.57. The minimum atomic E-state index is -3.31. The van der Waals surface area contributed by atoms with Crippen molar-refractivity contribution in [2.45, 2.75) is 89.3 Å². The van der Waals surface area contributed by atoms with Crippen molar-refractivity contribution in [2.75, 3.05) is 0 Å². The van der Waals surface area contributed by atoms with Crippen LogP contribution in [0.25, 0.3) is 0 Å². The summed E-state index contributed by atoms with van der Waals surface area (Å²) in [7, 11) is 0. The highest BCUT2D eigenvalue weighted by Gasteiger charge is 2.69. The lowest BCUT2D eigenvalue weighted by molar-refractivity contribution is -0.970. The van der Waals surface area contributed by atoms with Gasteiger partial charge in [0.1, 0.15) is 0 Å². The predicted molar refractivity (Wildman–Crippen MR) is 96.4 cm³/mol. The maximum atomic E-state index is 10.8. The lowest BCUT2D eigenvalue weighted by atomic mass is 10.0. The number of carbonyl (C=O) groups excluding carboxylic acids is 1. The minimum Gasteiger partial charge on any atom is -0.291 e. The summed E-state index contributed by atoms with van der Waals surface area (Å²) in [5, 5.41) is 32.5. The molecule has 0 aromatic carbocycles. The first-order valence-electron chi connectivity index (χ1n) is 9.64. The lowest BCUT2D eigenvalue weighted by Gasteiger charge is -2.08. The van der Waals surface area contributed by atoms with Crippen molar-refractivity contribution < 1.29 is 19.6 Å². The van der Waals surface area contributed by atoms with Crippen molar-refractivity contribution in [1.29, 1.82) is 0 Å². The van der Waals surface area contributed by atoms with Crippen LogP contribution >= 0.6 is 0 Å². The van der Waals surface area contributed by atoms with Crippen LogP contribution in [0, 0.1) is 42.2 Å². The van der Waals surface area contributed by atoms with Crippen LogP contribution in [0.4, 0.5) is 0 Å². The Hall–Kier alpha value is -2.13. The molecule has 1 aliphatic rings. The number of nitro groups is 3. The molecular weight excluding hydrogens is 358 g/mol. The molecule has 1 aliphatic carbocycles. The van der Waals surface area contributed by atoms with Gasteiger partial charge in [-0.3, -0.25) is 35.1 Å². The Morgan fingerprint density at radius 1 is 0.741 bits per heavy atom. The van der Waals surface area contributed by atoms with E-state index >= 15 is 0 Å². The quantitative estimate of drug-likeness (QED) is 0.159. The first-order valence-corrected chi connectivity index (χ1v) is 9.64. The zero-order valence-electron chi connectivity index (χ0n) is 15.5. The van der Waals surface area contributed by atoms with Gasteiger partial charge < -0.3 is 0 Å². The number of hydrogen-bond donors (Lipinski definition) is 0. The van der Waals surface area contributed by atoms with Gasteiger partial charge in [0.15, 0.2) is 27.5 Å². The summed E-state index contributed by atoms with van der Waals surface area (Å²) < 4.78 is 0. The molecule has 153 valence electrons. The highest BCUT2D eigenvalue weighted by Crippen LogP contribution is 2.45. The van der Waals surface area contributed by atoms with E-state index < -0.39 is 27.0 Å². The van der Waals surface area contributed by atoms with Crippen molar-refractivity contribution >= 4 is 6.29 Å². The van der Waals surface area contributed by atoms with Crippen molar-refractivity contribution in [3.63, 3.8) is 0 Å². The lowest BCUT2D eigenvalue weighted by Crippen LogP contribution is -2.53. The van der Waals surface area contributed by atoms with Gasteiger partial charge in [0.05, 0.1) is 0 Å². The van der Waals surface area contributed by atoms with Crippen molar-refractivity contribution in [3.05, 3.63) is 30.3 Å². The molecule has 10 heteroatoms. The van der Waals surface area contributed by atoms with Gasteiger partial charge in [-0.2, -0.15) is 0 Å². The molecule has 0 aromatic rings. The van der Waals surface area contributed by atoms with E-state index in [-0.39, 0.29) is 6.42 Å². The van der Waals surface area contributed by atoms with E-state index in [1.165, 1.54) is 25.7 Å². The third-order valence-electron chi connectivity index (χ3n) is 5.39. The molecule has 0 N–H and O–H groups in total. The summed E-state index contributed by atoms with van der Waals surface area (Å²) in [5.41, 5.74) is 0. The Kier molecular flexibility index (Phi) is 9.81. The smallest absolute Gasteiger partial charge is 0.291 e. The molecule has 0 heterocycles. The standard InChI is InChI=1S/C17H28N3O7/c21-13-9-4-2-1-3-6-10-15-14-16(15)11-7-5-8-12-17(18(22)23,19(24)25)20(26)27/h15-16H,1-12,14H2. The molecule has 1 radical (unpaired) electrons.